The molecule has 1 aromatic rings. The van der Waals surface area contributed by atoms with E-state index in [1.54, 1.807) is 6.92 Å². The number of aliphatic carboxylic acids is 1. The fourth-order valence-corrected chi connectivity index (χ4v) is 0.891. The smallest absolute Gasteiger partial charge is 0.328 e. The van der Waals surface area contributed by atoms with Gasteiger partial charge in [-0.2, -0.15) is 0 Å². The van der Waals surface area contributed by atoms with Gasteiger partial charge in [-0.1, -0.05) is 5.16 Å². The summed E-state index contributed by atoms with van der Waals surface area (Å²) < 4.78 is 4.64. The van der Waals surface area contributed by atoms with Crippen molar-refractivity contribution in [3.8, 4) is 0 Å². The third kappa shape index (κ3) is 2.78. The molecule has 1 amide bonds. The minimum Gasteiger partial charge on any atom is -0.480 e. The minimum absolute atomic E-state index is 0.0211. The molecular weight excluding hydrogens is 204 g/mol. The lowest BCUT2D eigenvalue weighted by molar-refractivity contribution is -0.140. The van der Waals surface area contributed by atoms with Crippen LogP contribution in [0.25, 0.3) is 0 Å². The van der Waals surface area contributed by atoms with E-state index < -0.39 is 24.5 Å². The van der Waals surface area contributed by atoms with Crippen LogP contribution in [0.15, 0.2) is 10.6 Å². The number of carbonyl (C=O) groups is 2. The van der Waals surface area contributed by atoms with E-state index in [0.717, 1.165) is 0 Å². The molecule has 0 radical (unpaired) electrons. The number of carboxylic acids is 1. The van der Waals surface area contributed by atoms with Crippen LogP contribution in [0.4, 0.5) is 0 Å². The molecule has 0 fully saturated rings. The van der Waals surface area contributed by atoms with Crippen LogP contribution in [0.1, 0.15) is 16.2 Å². The van der Waals surface area contributed by atoms with Gasteiger partial charge in [0, 0.05) is 6.07 Å². The highest BCUT2D eigenvalue weighted by Crippen LogP contribution is 2.01. The molecule has 0 saturated carbocycles. The standard InChI is InChI=1S/C8H10N2O5/c1-4-2-5(10-15-4)7(12)9-6(3-11)8(13)14/h2,6,11H,3H2,1H3,(H,9,12)(H,13,14). The number of aromatic nitrogens is 1. The number of aliphatic hydroxyl groups excluding tert-OH is 1. The summed E-state index contributed by atoms with van der Waals surface area (Å²) >= 11 is 0. The number of hydrogen-bond donors (Lipinski definition) is 3. The Hall–Kier alpha value is -1.89. The molecular formula is C8H10N2O5. The second kappa shape index (κ2) is 4.56. The summed E-state index contributed by atoms with van der Waals surface area (Å²) in [5, 5.41) is 22.7. The number of amides is 1. The van der Waals surface area contributed by atoms with Gasteiger partial charge in [-0.25, -0.2) is 4.79 Å². The van der Waals surface area contributed by atoms with E-state index in [-0.39, 0.29) is 5.69 Å². The normalized spacial score (nSPS) is 12.1. The second-order valence-electron chi connectivity index (χ2n) is 2.87. The monoisotopic (exact) mass is 214 g/mol. The molecule has 0 saturated heterocycles. The zero-order valence-electron chi connectivity index (χ0n) is 7.93. The molecule has 0 aromatic carbocycles. The average molecular weight is 214 g/mol. The highest BCUT2D eigenvalue weighted by molar-refractivity contribution is 5.94. The summed E-state index contributed by atoms with van der Waals surface area (Å²) in [6, 6.07) is 0.0283. The SMILES string of the molecule is Cc1cc(C(=O)NC(CO)C(=O)O)no1. The molecule has 0 spiro atoms. The number of rotatable bonds is 4. The maximum absolute atomic E-state index is 11.3. The topological polar surface area (TPSA) is 113 Å². The van der Waals surface area contributed by atoms with E-state index in [0.29, 0.717) is 5.76 Å². The van der Waals surface area contributed by atoms with Crippen molar-refractivity contribution in [1.82, 2.24) is 10.5 Å². The first-order chi connectivity index (χ1) is 7.04. The van der Waals surface area contributed by atoms with Gasteiger partial charge in [0.2, 0.25) is 0 Å². The lowest BCUT2D eigenvalue weighted by Gasteiger charge is -2.09. The van der Waals surface area contributed by atoms with Crippen molar-refractivity contribution in [3.05, 3.63) is 17.5 Å². The van der Waals surface area contributed by atoms with E-state index >= 15 is 0 Å². The number of carboxylic acid groups (broad SMARTS) is 1. The van der Waals surface area contributed by atoms with Gasteiger partial charge in [0.05, 0.1) is 6.61 Å². The van der Waals surface area contributed by atoms with Crippen molar-refractivity contribution in [3.63, 3.8) is 0 Å². The van der Waals surface area contributed by atoms with E-state index in [9.17, 15) is 9.59 Å². The summed E-state index contributed by atoms with van der Waals surface area (Å²) in [7, 11) is 0. The molecule has 1 atom stereocenters. The number of hydrogen-bond acceptors (Lipinski definition) is 5. The molecule has 15 heavy (non-hydrogen) atoms. The van der Waals surface area contributed by atoms with E-state index in [4.69, 9.17) is 10.2 Å². The van der Waals surface area contributed by atoms with Crippen molar-refractivity contribution >= 4 is 11.9 Å². The summed E-state index contributed by atoms with van der Waals surface area (Å²) in [4.78, 5) is 21.8. The van der Waals surface area contributed by atoms with Gasteiger partial charge in [-0.15, -0.1) is 0 Å². The van der Waals surface area contributed by atoms with Gasteiger partial charge in [0.15, 0.2) is 11.7 Å². The summed E-state index contributed by atoms with van der Waals surface area (Å²) in [5.41, 5.74) is -0.0211. The number of aliphatic hydroxyl groups is 1. The van der Waals surface area contributed by atoms with Crippen LogP contribution < -0.4 is 5.32 Å². The highest BCUT2D eigenvalue weighted by atomic mass is 16.5. The van der Waals surface area contributed by atoms with Crippen LogP contribution in [0.2, 0.25) is 0 Å². The number of aryl methyl sites for hydroxylation is 1. The van der Waals surface area contributed by atoms with Crippen molar-refractivity contribution < 1.29 is 24.3 Å². The molecule has 1 unspecified atom stereocenters. The largest absolute Gasteiger partial charge is 0.480 e. The first-order valence-electron chi connectivity index (χ1n) is 4.12. The Bertz CT molecular complexity index is 373. The second-order valence-corrected chi connectivity index (χ2v) is 2.87. The Balaban J connectivity index is 2.66. The third-order valence-electron chi connectivity index (χ3n) is 1.65. The molecule has 82 valence electrons. The van der Waals surface area contributed by atoms with Crippen LogP contribution in [0, 0.1) is 6.92 Å². The lowest BCUT2D eigenvalue weighted by Crippen LogP contribution is -2.43. The van der Waals surface area contributed by atoms with Crippen LogP contribution in [0.5, 0.6) is 0 Å². The summed E-state index contributed by atoms with van der Waals surface area (Å²) in [6.07, 6.45) is 0. The number of carbonyl (C=O) groups excluding carboxylic acids is 1. The van der Waals surface area contributed by atoms with E-state index in [2.05, 4.69) is 15.0 Å². The van der Waals surface area contributed by atoms with Gasteiger partial charge < -0.3 is 20.1 Å². The predicted molar refractivity (Wildman–Crippen MR) is 47.2 cm³/mol. The van der Waals surface area contributed by atoms with Crippen molar-refractivity contribution in [1.29, 1.82) is 0 Å². The molecule has 0 aliphatic carbocycles. The maximum atomic E-state index is 11.3. The predicted octanol–water partition coefficient (Wildman–Crippen LogP) is -0.842. The van der Waals surface area contributed by atoms with Gasteiger partial charge in [0.1, 0.15) is 5.76 Å². The first kappa shape index (κ1) is 11.2. The number of nitrogens with zero attached hydrogens (tertiary/aromatic N) is 1. The fraction of sp³-hybridized carbons (Fsp3) is 0.375. The third-order valence-corrected chi connectivity index (χ3v) is 1.65. The molecule has 0 aliphatic rings. The molecule has 1 rings (SSSR count). The van der Waals surface area contributed by atoms with E-state index in [1.807, 2.05) is 0 Å². The van der Waals surface area contributed by atoms with E-state index in [1.165, 1.54) is 6.07 Å². The number of nitrogens with one attached hydrogen (secondary N) is 1. The zero-order valence-corrected chi connectivity index (χ0v) is 7.93. The average Bonchev–Trinajstić information content (AvgIpc) is 2.60. The summed E-state index contributed by atoms with van der Waals surface area (Å²) in [6.45, 7) is 0.919. The molecule has 7 heteroatoms. The van der Waals surface area contributed by atoms with Crippen molar-refractivity contribution in [2.75, 3.05) is 6.61 Å². The Kier molecular flexibility index (Phi) is 3.40. The fourth-order valence-electron chi connectivity index (χ4n) is 0.891. The van der Waals surface area contributed by atoms with Gasteiger partial charge in [-0.05, 0) is 6.92 Å². The Morgan fingerprint density at radius 2 is 2.33 bits per heavy atom. The molecule has 0 aliphatic heterocycles. The quantitative estimate of drug-likeness (QED) is 0.602. The van der Waals surface area contributed by atoms with Crippen LogP contribution in [-0.2, 0) is 4.79 Å². The van der Waals surface area contributed by atoms with Crippen molar-refractivity contribution in [2.45, 2.75) is 13.0 Å². The van der Waals surface area contributed by atoms with Crippen LogP contribution in [0.3, 0.4) is 0 Å². The minimum atomic E-state index is -1.34. The van der Waals surface area contributed by atoms with Gasteiger partial charge in [-0.3, -0.25) is 4.79 Å². The molecule has 1 aromatic heterocycles. The Morgan fingerprint density at radius 3 is 2.73 bits per heavy atom. The van der Waals surface area contributed by atoms with Crippen molar-refractivity contribution in [2.24, 2.45) is 0 Å². The Labute approximate surface area is 84.7 Å². The first-order valence-corrected chi connectivity index (χ1v) is 4.12. The lowest BCUT2D eigenvalue weighted by atomic mass is 10.3. The van der Waals surface area contributed by atoms with Crippen LogP contribution >= 0.6 is 0 Å². The molecule has 0 bridgehead atoms. The molecule has 1 heterocycles. The Morgan fingerprint density at radius 1 is 1.67 bits per heavy atom. The summed E-state index contributed by atoms with van der Waals surface area (Å²) in [5.74, 6) is -1.57. The molecule has 3 N–H and O–H groups in total. The zero-order chi connectivity index (χ0) is 11.4. The maximum Gasteiger partial charge on any atom is 0.328 e. The van der Waals surface area contributed by atoms with Crippen LogP contribution in [-0.4, -0.2) is 39.9 Å². The van der Waals surface area contributed by atoms with Gasteiger partial charge >= 0.3 is 5.97 Å². The van der Waals surface area contributed by atoms with Gasteiger partial charge in [0.25, 0.3) is 5.91 Å². The molecule has 7 nitrogen and oxygen atoms in total. The highest BCUT2D eigenvalue weighted by Gasteiger charge is 2.21.